The van der Waals surface area contributed by atoms with Crippen LogP contribution in [0.5, 0.6) is 0 Å². The van der Waals surface area contributed by atoms with Gasteiger partial charge in [0.05, 0.1) is 11.6 Å². The molecule has 1 heterocycles. The number of anilines is 1. The fourth-order valence-corrected chi connectivity index (χ4v) is 3.60. The number of carbonyl (C=O) groups is 2. The molecule has 2 atom stereocenters. The van der Waals surface area contributed by atoms with Crippen LogP contribution in [0.4, 0.5) is 5.69 Å². The lowest BCUT2D eigenvalue weighted by Gasteiger charge is -2.28. The molecule has 0 saturated heterocycles. The highest BCUT2D eigenvalue weighted by atomic mass is 35.5. The molecule has 136 valence electrons. The molecule has 0 spiro atoms. The Labute approximate surface area is 158 Å². The van der Waals surface area contributed by atoms with Gasteiger partial charge < -0.3 is 10.0 Å². The largest absolute Gasteiger partial charge is 0.375 e. The lowest BCUT2D eigenvalue weighted by molar-refractivity contribution is -0.139. The van der Waals surface area contributed by atoms with E-state index in [0.29, 0.717) is 28.4 Å². The second-order valence-corrected chi connectivity index (χ2v) is 7.12. The smallest absolute Gasteiger partial charge is 0.264 e. The summed E-state index contributed by atoms with van der Waals surface area (Å²) in [4.78, 5) is 27.7. The van der Waals surface area contributed by atoms with Crippen molar-refractivity contribution in [1.82, 2.24) is 0 Å². The number of carbonyl (C=O) groups excluding carboxylic acids is 2. The number of fused-ring (bicyclic) bond motifs is 1. The quantitative estimate of drug-likeness (QED) is 0.774. The summed E-state index contributed by atoms with van der Waals surface area (Å²) >= 11 is 5.89. The van der Waals surface area contributed by atoms with E-state index in [1.54, 1.807) is 48.2 Å². The van der Waals surface area contributed by atoms with E-state index in [1.165, 1.54) is 0 Å². The number of unbranched alkanes of at least 4 members (excludes halogenated alkanes) is 1. The van der Waals surface area contributed by atoms with Crippen molar-refractivity contribution in [2.45, 2.75) is 32.3 Å². The molecule has 1 aliphatic heterocycles. The zero-order valence-corrected chi connectivity index (χ0v) is 15.7. The molecule has 0 radical (unpaired) electrons. The Morgan fingerprint density at radius 3 is 2.50 bits per heavy atom. The van der Waals surface area contributed by atoms with E-state index in [2.05, 4.69) is 0 Å². The van der Waals surface area contributed by atoms with Gasteiger partial charge in [0.15, 0.2) is 11.4 Å². The minimum atomic E-state index is -1.86. The summed E-state index contributed by atoms with van der Waals surface area (Å²) in [6.07, 6.45) is 1.76. The van der Waals surface area contributed by atoms with Gasteiger partial charge in [-0.15, -0.1) is 0 Å². The molecule has 4 nitrogen and oxygen atoms in total. The maximum Gasteiger partial charge on any atom is 0.264 e. The van der Waals surface area contributed by atoms with E-state index in [0.717, 1.165) is 12.8 Å². The SMILES string of the molecule is CCCCN1C(=O)C(O)(C(C)C(=O)c2ccc(Cl)cc2)c2ccccc21. The van der Waals surface area contributed by atoms with E-state index in [1.807, 2.05) is 19.1 Å². The number of ketones is 1. The number of benzene rings is 2. The van der Waals surface area contributed by atoms with Crippen LogP contribution in [0.3, 0.4) is 0 Å². The third kappa shape index (κ3) is 2.93. The Morgan fingerprint density at radius 1 is 1.19 bits per heavy atom. The third-order valence-corrected chi connectivity index (χ3v) is 5.31. The van der Waals surface area contributed by atoms with Gasteiger partial charge in [-0.25, -0.2) is 0 Å². The zero-order valence-electron chi connectivity index (χ0n) is 14.9. The average Bonchev–Trinajstić information content (AvgIpc) is 2.88. The summed E-state index contributed by atoms with van der Waals surface area (Å²) < 4.78 is 0. The number of Topliss-reactive ketones (excluding diaryl/α,β-unsaturated/α-hetero) is 1. The van der Waals surface area contributed by atoms with Crippen LogP contribution in [0.2, 0.25) is 5.02 Å². The number of halogens is 1. The summed E-state index contributed by atoms with van der Waals surface area (Å²) in [5.74, 6) is -1.63. The number of aliphatic hydroxyl groups is 1. The Morgan fingerprint density at radius 2 is 1.85 bits per heavy atom. The van der Waals surface area contributed by atoms with E-state index < -0.39 is 17.4 Å². The molecule has 0 aliphatic carbocycles. The molecule has 2 unspecified atom stereocenters. The normalized spacial score (nSPS) is 20.2. The van der Waals surface area contributed by atoms with Crippen molar-refractivity contribution < 1.29 is 14.7 Å². The standard InChI is InChI=1S/C21H22ClNO3/c1-3-4-13-23-18-8-6-5-7-17(18)21(26,20(23)25)14(2)19(24)15-9-11-16(22)12-10-15/h5-12,14,26H,3-4,13H2,1-2H3. The van der Waals surface area contributed by atoms with Gasteiger partial charge in [-0.3, -0.25) is 9.59 Å². The van der Waals surface area contributed by atoms with E-state index >= 15 is 0 Å². The van der Waals surface area contributed by atoms with Crippen molar-refractivity contribution in [3.63, 3.8) is 0 Å². The fraction of sp³-hybridized carbons (Fsp3) is 0.333. The highest BCUT2D eigenvalue weighted by molar-refractivity contribution is 6.30. The first-order chi connectivity index (χ1) is 12.4. The highest BCUT2D eigenvalue weighted by Crippen LogP contribution is 2.45. The molecule has 0 bridgehead atoms. The van der Waals surface area contributed by atoms with Crippen LogP contribution in [0.25, 0.3) is 0 Å². The molecule has 0 saturated carbocycles. The lowest BCUT2D eigenvalue weighted by atomic mass is 9.79. The fourth-order valence-electron chi connectivity index (χ4n) is 3.47. The van der Waals surface area contributed by atoms with Gasteiger partial charge in [-0.2, -0.15) is 0 Å². The van der Waals surface area contributed by atoms with E-state index in [4.69, 9.17) is 11.6 Å². The number of hydrogen-bond acceptors (Lipinski definition) is 3. The highest BCUT2D eigenvalue weighted by Gasteiger charge is 2.54. The molecular weight excluding hydrogens is 350 g/mol. The lowest BCUT2D eigenvalue weighted by Crippen LogP contribution is -2.47. The first-order valence-corrected chi connectivity index (χ1v) is 9.22. The van der Waals surface area contributed by atoms with Crippen LogP contribution in [0, 0.1) is 5.92 Å². The molecule has 0 fully saturated rings. The van der Waals surface area contributed by atoms with Crippen molar-refractivity contribution in [1.29, 1.82) is 0 Å². The average molecular weight is 372 g/mol. The van der Waals surface area contributed by atoms with Crippen LogP contribution >= 0.6 is 11.6 Å². The number of amides is 1. The maximum absolute atomic E-state index is 13.1. The monoisotopic (exact) mass is 371 g/mol. The Balaban J connectivity index is 2.00. The summed E-state index contributed by atoms with van der Waals surface area (Å²) in [5, 5.41) is 11.9. The third-order valence-electron chi connectivity index (χ3n) is 5.06. The predicted molar refractivity (Wildman–Crippen MR) is 103 cm³/mol. The van der Waals surface area contributed by atoms with Gasteiger partial charge in [-0.1, -0.05) is 50.1 Å². The molecule has 1 amide bonds. The summed E-state index contributed by atoms with van der Waals surface area (Å²) in [6.45, 7) is 4.18. The van der Waals surface area contributed by atoms with Gasteiger partial charge in [0.2, 0.25) is 0 Å². The van der Waals surface area contributed by atoms with Crippen LogP contribution in [0.15, 0.2) is 48.5 Å². The van der Waals surface area contributed by atoms with Crippen LogP contribution < -0.4 is 4.90 Å². The molecule has 26 heavy (non-hydrogen) atoms. The molecule has 2 aromatic rings. The maximum atomic E-state index is 13.1. The minimum absolute atomic E-state index is 0.287. The summed E-state index contributed by atoms with van der Waals surface area (Å²) in [7, 11) is 0. The molecular formula is C21H22ClNO3. The first-order valence-electron chi connectivity index (χ1n) is 8.84. The van der Waals surface area contributed by atoms with Gasteiger partial charge in [0, 0.05) is 22.7 Å². The van der Waals surface area contributed by atoms with Crippen molar-refractivity contribution in [2.24, 2.45) is 5.92 Å². The topological polar surface area (TPSA) is 57.6 Å². The van der Waals surface area contributed by atoms with Crippen LogP contribution in [-0.2, 0) is 10.4 Å². The number of nitrogens with zero attached hydrogens (tertiary/aromatic N) is 1. The van der Waals surface area contributed by atoms with Crippen LogP contribution in [-0.4, -0.2) is 23.3 Å². The molecule has 1 aliphatic rings. The second kappa shape index (κ2) is 7.22. The zero-order chi connectivity index (χ0) is 18.9. The number of rotatable bonds is 6. The summed E-state index contributed by atoms with van der Waals surface area (Å²) in [5.41, 5.74) is -0.256. The van der Waals surface area contributed by atoms with Crippen molar-refractivity contribution >= 4 is 29.0 Å². The minimum Gasteiger partial charge on any atom is -0.375 e. The van der Waals surface area contributed by atoms with E-state index in [-0.39, 0.29) is 5.78 Å². The van der Waals surface area contributed by atoms with Gasteiger partial charge >= 0.3 is 0 Å². The summed E-state index contributed by atoms with van der Waals surface area (Å²) in [6, 6.07) is 13.6. The predicted octanol–water partition coefficient (Wildman–Crippen LogP) is 4.19. The Hall–Kier alpha value is -2.17. The van der Waals surface area contributed by atoms with E-state index in [9.17, 15) is 14.7 Å². The molecule has 2 aromatic carbocycles. The molecule has 5 heteroatoms. The first kappa shape index (κ1) is 18.6. The Kier molecular flexibility index (Phi) is 5.17. The molecule has 1 N–H and O–H groups in total. The number of para-hydroxylation sites is 1. The van der Waals surface area contributed by atoms with Crippen molar-refractivity contribution in [3.05, 3.63) is 64.7 Å². The van der Waals surface area contributed by atoms with Crippen LogP contribution in [0.1, 0.15) is 42.6 Å². The second-order valence-electron chi connectivity index (χ2n) is 6.69. The van der Waals surface area contributed by atoms with Gasteiger partial charge in [0.25, 0.3) is 5.91 Å². The van der Waals surface area contributed by atoms with Crippen molar-refractivity contribution in [3.8, 4) is 0 Å². The van der Waals surface area contributed by atoms with Gasteiger partial charge in [0.1, 0.15) is 0 Å². The Bertz CT molecular complexity index is 833. The molecule has 0 aromatic heterocycles. The number of hydrogen-bond donors (Lipinski definition) is 1. The molecule has 3 rings (SSSR count). The van der Waals surface area contributed by atoms with Gasteiger partial charge in [-0.05, 0) is 36.8 Å². The van der Waals surface area contributed by atoms with Crippen molar-refractivity contribution in [2.75, 3.05) is 11.4 Å².